The van der Waals surface area contributed by atoms with E-state index in [1.165, 1.54) is 0 Å². The van der Waals surface area contributed by atoms with Crippen molar-refractivity contribution in [1.29, 1.82) is 0 Å². The average molecular weight is 296 g/mol. The highest BCUT2D eigenvalue weighted by molar-refractivity contribution is 7.08. The Morgan fingerprint density at radius 2 is 2.00 bits per heavy atom. The molecule has 0 aliphatic carbocycles. The number of carbonyl (C=O) groups excluding carboxylic acids is 1. The van der Waals surface area contributed by atoms with E-state index in [-0.39, 0.29) is 5.78 Å². The summed E-state index contributed by atoms with van der Waals surface area (Å²) in [5, 5.41) is 4.10. The molecule has 0 amide bonds. The second-order valence-corrected chi connectivity index (χ2v) is 6.04. The van der Waals surface area contributed by atoms with Gasteiger partial charge in [0.25, 0.3) is 0 Å². The maximum absolute atomic E-state index is 12.4. The zero-order valence-corrected chi connectivity index (χ0v) is 12.8. The van der Waals surface area contributed by atoms with Gasteiger partial charge in [0.1, 0.15) is 5.76 Å². The molecule has 1 aliphatic rings. The minimum atomic E-state index is -0.916. The summed E-state index contributed by atoms with van der Waals surface area (Å²) in [4.78, 5) is 12.4. The molecule has 0 fully saturated rings. The largest absolute Gasteiger partial charge is 0.474 e. The molecule has 0 radical (unpaired) electrons. The lowest BCUT2D eigenvalue weighted by molar-refractivity contribution is -0.129. The molecule has 106 valence electrons. The lowest BCUT2D eigenvalue weighted by Crippen LogP contribution is -2.29. The summed E-state index contributed by atoms with van der Waals surface area (Å²) < 4.78 is 6.00. The molecule has 2 nitrogen and oxygen atoms in total. The van der Waals surface area contributed by atoms with Crippen molar-refractivity contribution in [2.24, 2.45) is 0 Å². The molecule has 0 N–H and O–H groups in total. The Kier molecular flexibility index (Phi) is 3.52. The lowest BCUT2D eigenvalue weighted by atomic mass is 9.92. The number of allylic oxidation sites excluding steroid dienone is 1. The topological polar surface area (TPSA) is 26.3 Å². The molecule has 0 bridgehead atoms. The summed E-state index contributed by atoms with van der Waals surface area (Å²) in [5.41, 5.74) is 2.05. The van der Waals surface area contributed by atoms with Gasteiger partial charge in [-0.05, 0) is 47.9 Å². The molecule has 21 heavy (non-hydrogen) atoms. The summed E-state index contributed by atoms with van der Waals surface area (Å²) in [5.74, 6) is 0.638. The molecular formula is C18H16O2S. The van der Waals surface area contributed by atoms with E-state index in [2.05, 4.69) is 5.38 Å². The van der Waals surface area contributed by atoms with Gasteiger partial charge >= 0.3 is 0 Å². The molecule has 1 unspecified atom stereocenters. The Morgan fingerprint density at radius 1 is 1.24 bits per heavy atom. The lowest BCUT2D eigenvalue weighted by Gasteiger charge is -2.24. The van der Waals surface area contributed by atoms with Gasteiger partial charge in [0.15, 0.2) is 5.60 Å². The van der Waals surface area contributed by atoms with Crippen molar-refractivity contribution in [3.8, 4) is 0 Å². The van der Waals surface area contributed by atoms with Crippen LogP contribution in [0, 0.1) is 0 Å². The molecule has 2 heterocycles. The van der Waals surface area contributed by atoms with Gasteiger partial charge in [0, 0.05) is 11.6 Å². The maximum atomic E-state index is 12.4. The van der Waals surface area contributed by atoms with E-state index >= 15 is 0 Å². The summed E-state index contributed by atoms with van der Waals surface area (Å²) in [6, 6.07) is 11.7. The third kappa shape index (κ3) is 2.57. The Bertz CT molecular complexity index is 711. The van der Waals surface area contributed by atoms with E-state index in [4.69, 9.17) is 4.74 Å². The van der Waals surface area contributed by atoms with Crippen LogP contribution in [-0.4, -0.2) is 5.78 Å². The van der Waals surface area contributed by atoms with Crippen LogP contribution in [-0.2, 0) is 15.1 Å². The van der Waals surface area contributed by atoms with Gasteiger partial charge in [-0.25, -0.2) is 0 Å². The Hall–Kier alpha value is -2.13. The van der Waals surface area contributed by atoms with Crippen molar-refractivity contribution >= 4 is 23.2 Å². The number of hydrogen-bond donors (Lipinski definition) is 0. The third-order valence-corrected chi connectivity index (χ3v) is 4.39. The summed E-state index contributed by atoms with van der Waals surface area (Å²) in [6.45, 7) is 3.79. The Balaban J connectivity index is 1.89. The van der Waals surface area contributed by atoms with Gasteiger partial charge in [-0.3, -0.25) is 4.79 Å². The Labute approximate surface area is 128 Å². The highest BCUT2D eigenvalue weighted by atomic mass is 32.1. The first-order chi connectivity index (χ1) is 10.1. The first-order valence-electron chi connectivity index (χ1n) is 6.81. The maximum Gasteiger partial charge on any atom is 0.207 e. The van der Waals surface area contributed by atoms with Crippen molar-refractivity contribution < 1.29 is 9.53 Å². The van der Waals surface area contributed by atoms with Crippen molar-refractivity contribution in [2.75, 3.05) is 0 Å². The fourth-order valence-corrected chi connectivity index (χ4v) is 3.00. The highest BCUT2D eigenvalue weighted by Gasteiger charge is 2.41. The van der Waals surface area contributed by atoms with Crippen LogP contribution in [0.5, 0.6) is 0 Å². The fraction of sp³-hybridized carbons (Fsp3) is 0.167. The summed E-state index contributed by atoms with van der Waals surface area (Å²) in [7, 11) is 0. The van der Waals surface area contributed by atoms with Crippen molar-refractivity contribution in [2.45, 2.75) is 19.4 Å². The van der Waals surface area contributed by atoms with Gasteiger partial charge in [-0.2, -0.15) is 11.3 Å². The summed E-state index contributed by atoms with van der Waals surface area (Å²) in [6.07, 6.45) is 3.64. The number of hydrogen-bond acceptors (Lipinski definition) is 3. The minimum Gasteiger partial charge on any atom is -0.474 e. The van der Waals surface area contributed by atoms with Crippen molar-refractivity contribution in [3.63, 3.8) is 0 Å². The molecule has 3 heteroatoms. The van der Waals surface area contributed by atoms with Gasteiger partial charge in [-0.1, -0.05) is 30.3 Å². The number of rotatable bonds is 3. The minimum absolute atomic E-state index is 0.0123. The first-order valence-corrected chi connectivity index (χ1v) is 7.75. The van der Waals surface area contributed by atoms with Crippen LogP contribution in [0.1, 0.15) is 25.0 Å². The number of ketones is 1. The quantitative estimate of drug-likeness (QED) is 0.830. The van der Waals surface area contributed by atoms with E-state index in [1.54, 1.807) is 17.4 Å². The van der Waals surface area contributed by atoms with Crippen LogP contribution in [0.15, 0.2) is 64.6 Å². The standard InChI is InChI=1S/C18H16O2S/c1-13(10-14-8-9-21-12-14)16-11-17(19)18(2,20-16)15-6-4-3-5-7-15/h3-12H,1-2H3/b13-10+. The Morgan fingerprint density at radius 3 is 2.67 bits per heavy atom. The predicted molar refractivity (Wildman–Crippen MR) is 85.9 cm³/mol. The van der Waals surface area contributed by atoms with E-state index < -0.39 is 5.60 Å². The van der Waals surface area contributed by atoms with Crippen LogP contribution in [0.3, 0.4) is 0 Å². The fourth-order valence-electron chi connectivity index (χ4n) is 2.39. The van der Waals surface area contributed by atoms with Gasteiger partial charge in [0.05, 0.1) is 0 Å². The van der Waals surface area contributed by atoms with Crippen molar-refractivity contribution in [3.05, 3.63) is 75.7 Å². The second-order valence-electron chi connectivity index (χ2n) is 5.26. The zero-order valence-electron chi connectivity index (χ0n) is 12.0. The van der Waals surface area contributed by atoms with Crippen molar-refractivity contribution in [1.82, 2.24) is 0 Å². The molecule has 1 aromatic heterocycles. The van der Waals surface area contributed by atoms with E-state index in [9.17, 15) is 4.79 Å². The molecule has 1 aromatic carbocycles. The first kappa shape index (κ1) is 13.8. The second kappa shape index (κ2) is 5.34. The summed E-state index contributed by atoms with van der Waals surface area (Å²) >= 11 is 1.65. The van der Waals surface area contributed by atoms with Gasteiger partial charge < -0.3 is 4.74 Å². The molecule has 0 saturated carbocycles. The van der Waals surface area contributed by atoms with Crippen LogP contribution in [0.4, 0.5) is 0 Å². The SMILES string of the molecule is C/C(=C\c1ccsc1)C1=CC(=O)C(C)(c2ccccc2)O1. The number of carbonyl (C=O) groups is 1. The predicted octanol–water partition coefficient (Wildman–Crippen LogP) is 4.55. The van der Waals surface area contributed by atoms with Crippen LogP contribution < -0.4 is 0 Å². The number of ether oxygens (including phenoxy) is 1. The highest BCUT2D eigenvalue weighted by Crippen LogP contribution is 2.37. The third-order valence-electron chi connectivity index (χ3n) is 3.69. The van der Waals surface area contributed by atoms with E-state index in [0.717, 1.165) is 16.7 Å². The van der Waals surface area contributed by atoms with E-state index in [0.29, 0.717) is 5.76 Å². The molecular weight excluding hydrogens is 280 g/mol. The molecule has 2 aromatic rings. The molecule has 1 aliphatic heterocycles. The zero-order chi connectivity index (χ0) is 14.9. The van der Waals surface area contributed by atoms with Gasteiger partial charge in [-0.15, -0.1) is 0 Å². The molecule has 0 saturated heterocycles. The van der Waals surface area contributed by atoms with Crippen LogP contribution in [0.2, 0.25) is 0 Å². The van der Waals surface area contributed by atoms with Crippen LogP contribution >= 0.6 is 11.3 Å². The van der Waals surface area contributed by atoms with E-state index in [1.807, 2.05) is 61.7 Å². The monoisotopic (exact) mass is 296 g/mol. The van der Waals surface area contributed by atoms with Crippen LogP contribution in [0.25, 0.3) is 6.08 Å². The van der Waals surface area contributed by atoms with Gasteiger partial charge in [0.2, 0.25) is 5.78 Å². The molecule has 1 atom stereocenters. The number of thiophene rings is 1. The smallest absolute Gasteiger partial charge is 0.207 e. The molecule has 0 spiro atoms. The molecule has 3 rings (SSSR count). The number of benzene rings is 1. The normalized spacial score (nSPS) is 22.1. The average Bonchev–Trinajstić information content (AvgIpc) is 3.10.